The predicted molar refractivity (Wildman–Crippen MR) is 95.1 cm³/mol. The van der Waals surface area contributed by atoms with Gasteiger partial charge in [0.05, 0.1) is 0 Å². The van der Waals surface area contributed by atoms with Crippen molar-refractivity contribution in [2.24, 2.45) is 0 Å². The molecule has 0 radical (unpaired) electrons. The third-order valence-electron chi connectivity index (χ3n) is 3.99. The maximum Gasteiger partial charge on any atom is 0.326 e. The van der Waals surface area contributed by atoms with E-state index < -0.39 is 0 Å². The summed E-state index contributed by atoms with van der Waals surface area (Å²) in [6.07, 6.45) is 3.86. The van der Waals surface area contributed by atoms with Crippen molar-refractivity contribution in [3.8, 4) is 11.6 Å². The molecule has 0 aliphatic carbocycles. The topological polar surface area (TPSA) is 67.4 Å². The highest BCUT2D eigenvalue weighted by Gasteiger charge is 2.25. The summed E-state index contributed by atoms with van der Waals surface area (Å²) >= 11 is 0. The number of hydrogen-bond acceptors (Lipinski definition) is 4. The summed E-state index contributed by atoms with van der Waals surface area (Å²) in [6.45, 7) is 0.644. The molecule has 0 saturated heterocycles. The lowest BCUT2D eigenvalue weighted by Gasteiger charge is -2.18. The second-order valence-corrected chi connectivity index (χ2v) is 5.64. The minimum Gasteiger partial charge on any atom is -0.439 e. The van der Waals surface area contributed by atoms with Crippen LogP contribution in [0.2, 0.25) is 0 Å². The van der Waals surface area contributed by atoms with Crippen LogP contribution in [0.15, 0.2) is 67.1 Å². The second-order valence-electron chi connectivity index (χ2n) is 5.64. The van der Waals surface area contributed by atoms with Crippen LogP contribution in [0, 0.1) is 0 Å². The highest BCUT2D eigenvalue weighted by Crippen LogP contribution is 2.33. The van der Waals surface area contributed by atoms with Crippen LogP contribution in [-0.2, 0) is 6.42 Å². The Balaban J connectivity index is 1.50. The van der Waals surface area contributed by atoms with E-state index in [1.807, 2.05) is 48.5 Å². The van der Waals surface area contributed by atoms with Crippen LogP contribution in [0.4, 0.5) is 16.2 Å². The molecule has 1 aliphatic rings. The number of carbonyl (C=O) groups is 1. The van der Waals surface area contributed by atoms with E-state index in [2.05, 4.69) is 15.3 Å². The molecule has 25 heavy (non-hydrogen) atoms. The second kappa shape index (κ2) is 6.60. The predicted octanol–water partition coefficient (Wildman–Crippen LogP) is 3.86. The number of hydrogen-bond donors (Lipinski definition) is 1. The molecular formula is C19H16N4O2. The first kappa shape index (κ1) is 15.1. The van der Waals surface area contributed by atoms with E-state index in [1.54, 1.807) is 17.2 Å². The molecule has 6 nitrogen and oxygen atoms in total. The fourth-order valence-corrected chi connectivity index (χ4v) is 2.82. The molecule has 0 saturated carbocycles. The average Bonchev–Trinajstić information content (AvgIpc) is 3.07. The summed E-state index contributed by atoms with van der Waals surface area (Å²) in [5.74, 6) is 1.19. The maximum absolute atomic E-state index is 12.5. The Hall–Kier alpha value is -3.41. The molecule has 2 heterocycles. The Labute approximate surface area is 145 Å². The highest BCUT2D eigenvalue weighted by molar-refractivity contribution is 6.03. The first-order chi connectivity index (χ1) is 12.3. The maximum atomic E-state index is 12.5. The van der Waals surface area contributed by atoms with Crippen LogP contribution in [0.1, 0.15) is 5.56 Å². The molecule has 2 amide bonds. The van der Waals surface area contributed by atoms with E-state index in [-0.39, 0.29) is 6.03 Å². The lowest BCUT2D eigenvalue weighted by Crippen LogP contribution is -2.33. The van der Waals surface area contributed by atoms with Crippen molar-refractivity contribution in [3.05, 3.63) is 72.7 Å². The van der Waals surface area contributed by atoms with Gasteiger partial charge in [-0.2, -0.15) is 0 Å². The molecule has 0 atom stereocenters. The normalized spacial score (nSPS) is 12.6. The Bertz CT molecular complexity index is 884. The molecule has 0 bridgehead atoms. The van der Waals surface area contributed by atoms with Gasteiger partial charge in [0.2, 0.25) is 5.88 Å². The molecule has 3 aromatic rings. The monoisotopic (exact) mass is 332 g/mol. The van der Waals surface area contributed by atoms with Crippen molar-refractivity contribution >= 4 is 17.4 Å². The average molecular weight is 332 g/mol. The Morgan fingerprint density at radius 3 is 2.80 bits per heavy atom. The van der Waals surface area contributed by atoms with E-state index in [1.165, 1.54) is 6.33 Å². The van der Waals surface area contributed by atoms with Crippen molar-refractivity contribution in [1.29, 1.82) is 0 Å². The van der Waals surface area contributed by atoms with Crippen LogP contribution >= 0.6 is 0 Å². The van der Waals surface area contributed by atoms with E-state index in [0.717, 1.165) is 23.4 Å². The molecule has 124 valence electrons. The van der Waals surface area contributed by atoms with E-state index in [4.69, 9.17) is 4.74 Å². The number of urea groups is 1. The minimum atomic E-state index is -0.130. The fraction of sp³-hybridized carbons (Fsp3) is 0.105. The zero-order valence-electron chi connectivity index (χ0n) is 13.4. The molecule has 0 unspecified atom stereocenters. The molecule has 0 fully saturated rings. The quantitative estimate of drug-likeness (QED) is 0.791. The molecule has 0 spiro atoms. The summed E-state index contributed by atoms with van der Waals surface area (Å²) in [7, 11) is 0. The van der Waals surface area contributed by atoms with Crippen molar-refractivity contribution in [2.45, 2.75) is 6.42 Å². The molecule has 1 N–H and O–H groups in total. The van der Waals surface area contributed by atoms with E-state index in [9.17, 15) is 4.79 Å². The van der Waals surface area contributed by atoms with Gasteiger partial charge in [-0.3, -0.25) is 4.90 Å². The Kier molecular flexibility index (Phi) is 4.00. The highest BCUT2D eigenvalue weighted by atomic mass is 16.5. The first-order valence-electron chi connectivity index (χ1n) is 8.00. The zero-order valence-corrected chi connectivity index (χ0v) is 13.4. The van der Waals surface area contributed by atoms with Gasteiger partial charge in [0.15, 0.2) is 0 Å². The standard InChI is InChI=1S/C19H16N4O2/c24-19(22-15-4-2-1-3-5-15)23-11-9-14-12-16(6-7-17(14)23)25-18-8-10-20-13-21-18/h1-8,10,12-13H,9,11H2,(H,22,24). The molecular weight excluding hydrogens is 316 g/mol. The fourth-order valence-electron chi connectivity index (χ4n) is 2.82. The van der Waals surface area contributed by atoms with Crippen molar-refractivity contribution < 1.29 is 9.53 Å². The SMILES string of the molecule is O=C(Nc1ccccc1)N1CCc2cc(Oc3ccncn3)ccc21. The summed E-state index contributed by atoms with van der Waals surface area (Å²) in [6, 6.07) is 16.7. The van der Waals surface area contributed by atoms with E-state index >= 15 is 0 Å². The number of carbonyl (C=O) groups excluding carboxylic acids is 1. The number of anilines is 2. The van der Waals surface area contributed by atoms with Gasteiger partial charge >= 0.3 is 6.03 Å². The number of fused-ring (bicyclic) bond motifs is 1. The molecule has 1 aliphatic heterocycles. The molecule has 2 aromatic carbocycles. The number of aromatic nitrogens is 2. The zero-order chi connectivity index (χ0) is 17.1. The summed E-state index contributed by atoms with van der Waals surface area (Å²) in [5.41, 5.74) is 2.77. The van der Waals surface area contributed by atoms with Crippen molar-refractivity contribution in [3.63, 3.8) is 0 Å². The van der Waals surface area contributed by atoms with Gasteiger partial charge in [0.1, 0.15) is 12.1 Å². The van der Waals surface area contributed by atoms with Crippen molar-refractivity contribution in [1.82, 2.24) is 9.97 Å². The van der Waals surface area contributed by atoms with Crippen LogP contribution in [-0.4, -0.2) is 22.5 Å². The molecule has 4 rings (SSSR count). The summed E-state index contributed by atoms with van der Waals surface area (Å²) < 4.78 is 5.72. The summed E-state index contributed by atoms with van der Waals surface area (Å²) in [5, 5.41) is 2.92. The Morgan fingerprint density at radius 1 is 1.12 bits per heavy atom. The van der Waals surface area contributed by atoms with Gasteiger partial charge in [0.25, 0.3) is 0 Å². The first-order valence-corrected chi connectivity index (χ1v) is 8.00. The van der Waals surface area contributed by atoms with Gasteiger partial charge in [-0.15, -0.1) is 0 Å². The van der Waals surface area contributed by atoms with Gasteiger partial charge in [-0.05, 0) is 42.3 Å². The number of amides is 2. The number of nitrogens with one attached hydrogen (secondary N) is 1. The molecule has 1 aromatic heterocycles. The largest absolute Gasteiger partial charge is 0.439 e. The van der Waals surface area contributed by atoms with Crippen LogP contribution in [0.25, 0.3) is 0 Å². The Morgan fingerprint density at radius 2 is 2.00 bits per heavy atom. The number of ether oxygens (including phenoxy) is 1. The molecule has 6 heteroatoms. The van der Waals surface area contributed by atoms with Gasteiger partial charge in [-0.1, -0.05) is 18.2 Å². The van der Waals surface area contributed by atoms with E-state index in [0.29, 0.717) is 18.2 Å². The minimum absolute atomic E-state index is 0.130. The lowest BCUT2D eigenvalue weighted by atomic mass is 10.1. The smallest absolute Gasteiger partial charge is 0.326 e. The number of nitrogens with zero attached hydrogens (tertiary/aromatic N) is 3. The van der Waals surface area contributed by atoms with Crippen molar-refractivity contribution in [2.75, 3.05) is 16.8 Å². The van der Waals surface area contributed by atoms with Crippen LogP contribution < -0.4 is 15.0 Å². The van der Waals surface area contributed by atoms with Gasteiger partial charge in [-0.25, -0.2) is 14.8 Å². The third kappa shape index (κ3) is 3.28. The summed E-state index contributed by atoms with van der Waals surface area (Å²) in [4.78, 5) is 22.2. The van der Waals surface area contributed by atoms with Gasteiger partial charge in [0, 0.05) is 30.2 Å². The number of benzene rings is 2. The number of para-hydroxylation sites is 1. The third-order valence-corrected chi connectivity index (χ3v) is 3.99. The van der Waals surface area contributed by atoms with Crippen LogP contribution in [0.5, 0.6) is 11.6 Å². The number of rotatable bonds is 3. The lowest BCUT2D eigenvalue weighted by molar-refractivity contribution is 0.257. The van der Waals surface area contributed by atoms with Gasteiger partial charge < -0.3 is 10.1 Å². The van der Waals surface area contributed by atoms with Crippen LogP contribution in [0.3, 0.4) is 0 Å².